The normalized spacial score (nSPS) is 16.7. The molecule has 6 heteroatoms. The van der Waals surface area contributed by atoms with Gasteiger partial charge in [-0.05, 0) is 42.5 Å². The first-order valence-electron chi connectivity index (χ1n) is 8.14. The number of fused-ring (bicyclic) bond motifs is 1. The molecular weight excluding hydrogens is 334 g/mol. The number of carbonyl (C=O) groups is 1. The van der Waals surface area contributed by atoms with Crippen molar-refractivity contribution in [3.05, 3.63) is 60.4 Å². The lowest BCUT2D eigenvalue weighted by molar-refractivity contribution is 0.102. The predicted octanol–water partition coefficient (Wildman–Crippen LogP) is 3.77. The zero-order valence-electron chi connectivity index (χ0n) is 13.5. The van der Waals surface area contributed by atoms with Gasteiger partial charge >= 0.3 is 0 Å². The number of hydrogen-bond donors (Lipinski definition) is 1. The van der Waals surface area contributed by atoms with Gasteiger partial charge in [0.25, 0.3) is 5.91 Å². The third-order valence-corrected chi connectivity index (χ3v) is 5.17. The summed E-state index contributed by atoms with van der Waals surface area (Å²) in [5.74, 6) is 2.41. The zero-order valence-corrected chi connectivity index (χ0v) is 14.3. The average molecular weight is 351 g/mol. The number of rotatable bonds is 4. The van der Waals surface area contributed by atoms with Crippen LogP contribution >= 0.6 is 11.8 Å². The molecule has 1 aliphatic rings. The van der Waals surface area contributed by atoms with Crippen molar-refractivity contribution in [3.63, 3.8) is 0 Å². The van der Waals surface area contributed by atoms with Crippen molar-refractivity contribution >= 4 is 34.3 Å². The molecule has 126 valence electrons. The van der Waals surface area contributed by atoms with Crippen LogP contribution in [0.2, 0.25) is 0 Å². The van der Waals surface area contributed by atoms with Gasteiger partial charge < -0.3 is 10.1 Å². The molecule has 1 amide bonds. The van der Waals surface area contributed by atoms with Gasteiger partial charge in [-0.15, -0.1) is 0 Å². The Balaban J connectivity index is 1.49. The molecule has 1 N–H and O–H groups in total. The summed E-state index contributed by atoms with van der Waals surface area (Å²) in [7, 11) is 0. The van der Waals surface area contributed by atoms with Crippen molar-refractivity contribution in [2.75, 3.05) is 16.8 Å². The molecule has 0 spiro atoms. The second-order valence-corrected chi connectivity index (χ2v) is 7.00. The van der Waals surface area contributed by atoms with Crippen LogP contribution in [0.25, 0.3) is 10.9 Å². The summed E-state index contributed by atoms with van der Waals surface area (Å²) in [6, 6.07) is 12.9. The predicted molar refractivity (Wildman–Crippen MR) is 100 cm³/mol. The summed E-state index contributed by atoms with van der Waals surface area (Å²) in [6.07, 6.45) is 4.57. The molecule has 1 atom stereocenters. The van der Waals surface area contributed by atoms with Crippen LogP contribution in [-0.4, -0.2) is 33.5 Å². The highest BCUT2D eigenvalue weighted by Gasteiger charge is 2.18. The van der Waals surface area contributed by atoms with Crippen molar-refractivity contribution in [1.29, 1.82) is 0 Å². The summed E-state index contributed by atoms with van der Waals surface area (Å²) >= 11 is 1.88. The smallest absolute Gasteiger partial charge is 0.255 e. The third kappa shape index (κ3) is 3.74. The van der Waals surface area contributed by atoms with Gasteiger partial charge in [-0.1, -0.05) is 6.07 Å². The van der Waals surface area contributed by atoms with Crippen molar-refractivity contribution in [1.82, 2.24) is 9.97 Å². The Labute approximate surface area is 149 Å². The SMILES string of the molecule is O=C(Nc1ccc2ncccc2c1)c1ccnc(OC2CCSC2)c1. The first-order chi connectivity index (χ1) is 12.3. The largest absolute Gasteiger partial charge is 0.473 e. The number of nitrogens with one attached hydrogen (secondary N) is 1. The molecule has 0 saturated carbocycles. The fraction of sp³-hybridized carbons (Fsp3) is 0.211. The molecule has 3 heterocycles. The van der Waals surface area contributed by atoms with Crippen LogP contribution in [0.3, 0.4) is 0 Å². The van der Waals surface area contributed by atoms with Crippen LogP contribution in [0.15, 0.2) is 54.9 Å². The Morgan fingerprint density at radius 3 is 3.00 bits per heavy atom. The van der Waals surface area contributed by atoms with Crippen LogP contribution in [0, 0.1) is 0 Å². The molecule has 4 rings (SSSR count). The van der Waals surface area contributed by atoms with E-state index in [0.717, 1.165) is 34.5 Å². The fourth-order valence-corrected chi connectivity index (χ4v) is 3.84. The molecule has 0 radical (unpaired) electrons. The maximum Gasteiger partial charge on any atom is 0.255 e. The average Bonchev–Trinajstić information content (AvgIpc) is 3.15. The number of hydrogen-bond acceptors (Lipinski definition) is 5. The van der Waals surface area contributed by atoms with E-state index in [1.54, 1.807) is 24.5 Å². The van der Waals surface area contributed by atoms with Gasteiger partial charge in [0.2, 0.25) is 5.88 Å². The Kier molecular flexibility index (Phi) is 4.52. The Bertz CT molecular complexity index is 910. The molecular formula is C19H17N3O2S. The molecule has 1 unspecified atom stereocenters. The maximum absolute atomic E-state index is 12.5. The van der Waals surface area contributed by atoms with Gasteiger partial charge in [0.05, 0.1) is 5.52 Å². The summed E-state index contributed by atoms with van der Waals surface area (Å²) in [5, 5.41) is 3.90. The minimum atomic E-state index is -0.184. The van der Waals surface area contributed by atoms with Crippen LogP contribution in [-0.2, 0) is 0 Å². The molecule has 0 bridgehead atoms. The van der Waals surface area contributed by atoms with E-state index in [0.29, 0.717) is 11.4 Å². The minimum Gasteiger partial charge on any atom is -0.473 e. The summed E-state index contributed by atoms with van der Waals surface area (Å²) < 4.78 is 5.85. The van der Waals surface area contributed by atoms with Gasteiger partial charge in [-0.3, -0.25) is 9.78 Å². The first-order valence-corrected chi connectivity index (χ1v) is 9.30. The van der Waals surface area contributed by atoms with Gasteiger partial charge in [-0.25, -0.2) is 4.98 Å². The summed E-state index contributed by atoms with van der Waals surface area (Å²) in [4.78, 5) is 21.0. The summed E-state index contributed by atoms with van der Waals surface area (Å²) in [5.41, 5.74) is 2.16. The molecule has 5 nitrogen and oxygen atoms in total. The number of carbonyl (C=O) groups excluding carboxylic acids is 1. The second-order valence-electron chi connectivity index (χ2n) is 5.85. The highest BCUT2D eigenvalue weighted by molar-refractivity contribution is 7.99. The van der Waals surface area contributed by atoms with Crippen molar-refractivity contribution in [2.45, 2.75) is 12.5 Å². The van der Waals surface area contributed by atoms with Crippen LogP contribution in [0.4, 0.5) is 5.69 Å². The number of thioether (sulfide) groups is 1. The van der Waals surface area contributed by atoms with Gasteiger partial charge in [0.1, 0.15) is 6.10 Å². The molecule has 0 aliphatic carbocycles. The number of nitrogens with zero attached hydrogens (tertiary/aromatic N) is 2. The van der Waals surface area contributed by atoms with E-state index in [2.05, 4.69) is 15.3 Å². The lowest BCUT2D eigenvalue weighted by Gasteiger charge is -2.12. The minimum absolute atomic E-state index is 0.184. The quantitative estimate of drug-likeness (QED) is 0.775. The lowest BCUT2D eigenvalue weighted by Crippen LogP contribution is -2.17. The zero-order chi connectivity index (χ0) is 17.1. The second kappa shape index (κ2) is 7.11. The van der Waals surface area contributed by atoms with Crippen LogP contribution in [0.5, 0.6) is 5.88 Å². The van der Waals surface area contributed by atoms with E-state index < -0.39 is 0 Å². The molecule has 2 aromatic heterocycles. The molecule has 1 aliphatic heterocycles. The van der Waals surface area contributed by atoms with E-state index in [1.807, 2.05) is 42.1 Å². The highest BCUT2D eigenvalue weighted by atomic mass is 32.2. The number of anilines is 1. The molecule has 1 saturated heterocycles. The summed E-state index contributed by atoms with van der Waals surface area (Å²) in [6.45, 7) is 0. The molecule has 1 aromatic carbocycles. The number of benzene rings is 1. The van der Waals surface area contributed by atoms with Gasteiger partial charge in [-0.2, -0.15) is 11.8 Å². The standard InChI is InChI=1S/C19H17N3O2S/c23-19(22-15-3-4-17-13(10-15)2-1-7-20-17)14-5-8-21-18(11-14)24-16-6-9-25-12-16/h1-5,7-8,10-11,16H,6,9,12H2,(H,22,23). The first kappa shape index (κ1) is 15.9. The van der Waals surface area contributed by atoms with E-state index in [9.17, 15) is 4.79 Å². The number of pyridine rings is 2. The number of aromatic nitrogens is 2. The Morgan fingerprint density at radius 2 is 2.12 bits per heavy atom. The molecule has 25 heavy (non-hydrogen) atoms. The lowest BCUT2D eigenvalue weighted by atomic mass is 10.2. The number of ether oxygens (including phenoxy) is 1. The number of amides is 1. The Hall–Kier alpha value is -2.60. The van der Waals surface area contributed by atoms with Gasteiger partial charge in [0, 0.05) is 40.8 Å². The van der Waals surface area contributed by atoms with Crippen LogP contribution < -0.4 is 10.1 Å². The van der Waals surface area contributed by atoms with Crippen molar-refractivity contribution in [2.24, 2.45) is 0 Å². The third-order valence-electron chi connectivity index (χ3n) is 4.03. The van der Waals surface area contributed by atoms with Crippen molar-refractivity contribution < 1.29 is 9.53 Å². The topological polar surface area (TPSA) is 64.1 Å². The van der Waals surface area contributed by atoms with E-state index in [4.69, 9.17) is 4.74 Å². The Morgan fingerprint density at radius 1 is 1.16 bits per heavy atom. The molecule has 3 aromatic rings. The van der Waals surface area contributed by atoms with Crippen molar-refractivity contribution in [3.8, 4) is 5.88 Å². The van der Waals surface area contributed by atoms with E-state index in [-0.39, 0.29) is 12.0 Å². The monoisotopic (exact) mass is 351 g/mol. The van der Waals surface area contributed by atoms with E-state index >= 15 is 0 Å². The van der Waals surface area contributed by atoms with Crippen LogP contribution in [0.1, 0.15) is 16.8 Å². The highest BCUT2D eigenvalue weighted by Crippen LogP contribution is 2.23. The maximum atomic E-state index is 12.5. The van der Waals surface area contributed by atoms with Gasteiger partial charge in [0.15, 0.2) is 0 Å². The van der Waals surface area contributed by atoms with E-state index in [1.165, 1.54) is 0 Å². The molecule has 1 fully saturated rings. The fourth-order valence-electron chi connectivity index (χ4n) is 2.75.